The monoisotopic (exact) mass is 257 g/mol. The van der Waals surface area contributed by atoms with E-state index in [2.05, 4.69) is 25.8 Å². The third kappa shape index (κ3) is 3.40. The molecular formula is C17H20FN. The highest BCUT2D eigenvalue weighted by Gasteiger charge is 2.13. The summed E-state index contributed by atoms with van der Waals surface area (Å²) in [4.78, 5) is 4.09. The molecule has 0 saturated heterocycles. The fourth-order valence-corrected chi connectivity index (χ4v) is 1.97. The number of hydrogen-bond donors (Lipinski definition) is 0. The number of nitrogens with zero attached hydrogens (tertiary/aromatic N) is 1. The van der Waals surface area contributed by atoms with Crippen molar-refractivity contribution in [1.82, 2.24) is 4.98 Å². The first-order valence-corrected chi connectivity index (χ1v) is 6.78. The minimum Gasteiger partial charge on any atom is -0.219 e. The molecule has 1 atom stereocenters. The maximum atomic E-state index is 14.0. The molecule has 19 heavy (non-hydrogen) atoms. The molecule has 0 radical (unpaired) electrons. The Labute approximate surface area is 114 Å². The Balaban J connectivity index is 2.23. The third-order valence-electron chi connectivity index (χ3n) is 3.68. The van der Waals surface area contributed by atoms with E-state index in [4.69, 9.17) is 0 Å². The van der Waals surface area contributed by atoms with E-state index in [0.717, 1.165) is 12.0 Å². The van der Waals surface area contributed by atoms with E-state index in [1.807, 2.05) is 42.5 Å². The summed E-state index contributed by atoms with van der Waals surface area (Å²) in [6.45, 7) is 6.47. The van der Waals surface area contributed by atoms with Crippen molar-refractivity contribution in [2.45, 2.75) is 27.2 Å². The van der Waals surface area contributed by atoms with Crippen molar-refractivity contribution < 1.29 is 4.39 Å². The third-order valence-corrected chi connectivity index (χ3v) is 3.68. The normalized spacial score (nSPS) is 12.7. The largest absolute Gasteiger partial charge is 0.219 e. The highest BCUT2D eigenvalue weighted by Crippen LogP contribution is 2.22. The predicted octanol–water partition coefficient (Wildman–Crippen LogP) is 4.72. The lowest BCUT2D eigenvalue weighted by Gasteiger charge is -2.15. The molecule has 0 aliphatic carbocycles. The lowest BCUT2D eigenvalue weighted by molar-refractivity contribution is 0.408. The maximum absolute atomic E-state index is 14.0. The van der Waals surface area contributed by atoms with Crippen LogP contribution in [0.1, 0.15) is 26.3 Å². The topological polar surface area (TPSA) is 12.9 Å². The molecule has 2 heteroatoms. The summed E-state index contributed by atoms with van der Waals surface area (Å²) in [5.41, 5.74) is 2.35. The highest BCUT2D eigenvalue weighted by atomic mass is 19.1. The van der Waals surface area contributed by atoms with E-state index in [1.54, 1.807) is 0 Å². The quantitative estimate of drug-likeness (QED) is 0.722. The van der Waals surface area contributed by atoms with E-state index in [-0.39, 0.29) is 5.95 Å². The minimum atomic E-state index is -0.339. The van der Waals surface area contributed by atoms with Gasteiger partial charge in [-0.1, -0.05) is 57.2 Å². The van der Waals surface area contributed by atoms with Gasteiger partial charge < -0.3 is 0 Å². The molecule has 0 aliphatic rings. The molecule has 0 spiro atoms. The summed E-state index contributed by atoms with van der Waals surface area (Å²) in [5.74, 6) is 0.668. The predicted molar refractivity (Wildman–Crippen MR) is 77.3 cm³/mol. The van der Waals surface area contributed by atoms with Crippen molar-refractivity contribution in [3.8, 4) is 11.3 Å². The number of aromatic nitrogens is 1. The Morgan fingerprint density at radius 1 is 1.00 bits per heavy atom. The minimum absolute atomic E-state index is 0.339. The average molecular weight is 257 g/mol. The van der Waals surface area contributed by atoms with Gasteiger partial charge in [-0.15, -0.1) is 0 Å². The van der Waals surface area contributed by atoms with Crippen LogP contribution in [0.15, 0.2) is 42.5 Å². The van der Waals surface area contributed by atoms with Crippen LogP contribution in [0.2, 0.25) is 0 Å². The summed E-state index contributed by atoms with van der Waals surface area (Å²) in [5, 5.41) is 0. The number of halogens is 1. The highest BCUT2D eigenvalue weighted by molar-refractivity contribution is 5.58. The van der Waals surface area contributed by atoms with E-state index >= 15 is 0 Å². The molecule has 2 aromatic rings. The molecule has 100 valence electrons. The molecule has 0 fully saturated rings. The van der Waals surface area contributed by atoms with Crippen LogP contribution < -0.4 is 0 Å². The van der Waals surface area contributed by atoms with Crippen molar-refractivity contribution in [3.63, 3.8) is 0 Å². The number of hydrogen-bond acceptors (Lipinski definition) is 1. The first-order valence-electron chi connectivity index (χ1n) is 6.78. The van der Waals surface area contributed by atoms with E-state index in [0.29, 0.717) is 23.1 Å². The first-order chi connectivity index (χ1) is 9.08. The molecular weight excluding hydrogens is 237 g/mol. The Morgan fingerprint density at radius 3 is 2.26 bits per heavy atom. The molecule has 2 rings (SSSR count). The molecule has 1 heterocycles. The molecule has 1 nitrogen and oxygen atoms in total. The molecule has 0 saturated carbocycles. The van der Waals surface area contributed by atoms with Gasteiger partial charge in [0.1, 0.15) is 0 Å². The fraction of sp³-hybridized carbons (Fsp3) is 0.353. The Kier molecular flexibility index (Phi) is 4.31. The van der Waals surface area contributed by atoms with Gasteiger partial charge >= 0.3 is 0 Å². The van der Waals surface area contributed by atoms with Crippen molar-refractivity contribution in [1.29, 1.82) is 0 Å². The summed E-state index contributed by atoms with van der Waals surface area (Å²) >= 11 is 0. The number of benzene rings is 1. The first kappa shape index (κ1) is 13.7. The number of rotatable bonds is 4. The maximum Gasteiger partial charge on any atom is 0.216 e. The summed E-state index contributed by atoms with van der Waals surface area (Å²) in [6.07, 6.45) is 0.742. The SMILES string of the molecule is CC(C)C(C)Cc1ccc(-c2ccccc2)nc1F. The standard InChI is InChI=1S/C17H20FN/c1-12(2)13(3)11-15-9-10-16(19-17(15)18)14-7-5-4-6-8-14/h4-10,12-13H,11H2,1-3H3. The Morgan fingerprint density at radius 2 is 1.68 bits per heavy atom. The van der Waals surface area contributed by atoms with Gasteiger partial charge in [-0.3, -0.25) is 0 Å². The zero-order valence-electron chi connectivity index (χ0n) is 11.7. The Hall–Kier alpha value is -1.70. The van der Waals surface area contributed by atoms with Crippen molar-refractivity contribution >= 4 is 0 Å². The van der Waals surface area contributed by atoms with Gasteiger partial charge in [0.25, 0.3) is 0 Å². The molecule has 0 bridgehead atoms. The molecule has 0 amide bonds. The molecule has 1 aromatic heterocycles. The van der Waals surface area contributed by atoms with Crippen LogP contribution in [-0.2, 0) is 6.42 Å². The van der Waals surface area contributed by atoms with Crippen LogP contribution in [0, 0.1) is 17.8 Å². The number of pyridine rings is 1. The van der Waals surface area contributed by atoms with Gasteiger partial charge in [0.15, 0.2) is 0 Å². The van der Waals surface area contributed by atoms with Crippen LogP contribution in [0.5, 0.6) is 0 Å². The van der Waals surface area contributed by atoms with Crippen molar-refractivity contribution in [2.24, 2.45) is 11.8 Å². The second-order valence-electron chi connectivity index (χ2n) is 5.44. The summed E-state index contributed by atoms with van der Waals surface area (Å²) < 4.78 is 14.0. The molecule has 0 aliphatic heterocycles. The van der Waals surface area contributed by atoms with Crippen LogP contribution in [-0.4, -0.2) is 4.98 Å². The second-order valence-corrected chi connectivity index (χ2v) is 5.44. The summed E-state index contributed by atoms with van der Waals surface area (Å²) in [7, 11) is 0. The second kappa shape index (κ2) is 5.96. The van der Waals surface area contributed by atoms with Crippen LogP contribution in [0.25, 0.3) is 11.3 Å². The van der Waals surface area contributed by atoms with E-state index < -0.39 is 0 Å². The van der Waals surface area contributed by atoms with Gasteiger partial charge in [-0.2, -0.15) is 4.39 Å². The van der Waals surface area contributed by atoms with Crippen molar-refractivity contribution in [2.75, 3.05) is 0 Å². The summed E-state index contributed by atoms with van der Waals surface area (Å²) in [6, 6.07) is 13.5. The van der Waals surface area contributed by atoms with Crippen LogP contribution in [0.3, 0.4) is 0 Å². The van der Waals surface area contributed by atoms with Gasteiger partial charge in [0.2, 0.25) is 5.95 Å². The van der Waals surface area contributed by atoms with Gasteiger partial charge in [-0.05, 0) is 24.3 Å². The van der Waals surface area contributed by atoms with Crippen LogP contribution >= 0.6 is 0 Å². The van der Waals surface area contributed by atoms with Crippen LogP contribution in [0.4, 0.5) is 4.39 Å². The molecule has 1 unspecified atom stereocenters. The zero-order valence-corrected chi connectivity index (χ0v) is 11.7. The zero-order chi connectivity index (χ0) is 13.8. The van der Waals surface area contributed by atoms with Gasteiger partial charge in [0.05, 0.1) is 5.69 Å². The molecule has 0 N–H and O–H groups in total. The Bertz CT molecular complexity index is 534. The lowest BCUT2D eigenvalue weighted by atomic mass is 9.91. The van der Waals surface area contributed by atoms with Gasteiger partial charge in [0, 0.05) is 11.1 Å². The molecule has 1 aromatic carbocycles. The van der Waals surface area contributed by atoms with E-state index in [9.17, 15) is 4.39 Å². The smallest absolute Gasteiger partial charge is 0.216 e. The average Bonchev–Trinajstić information content (AvgIpc) is 2.41. The van der Waals surface area contributed by atoms with Crippen molar-refractivity contribution in [3.05, 3.63) is 54.0 Å². The van der Waals surface area contributed by atoms with E-state index in [1.165, 1.54) is 0 Å². The van der Waals surface area contributed by atoms with Gasteiger partial charge in [-0.25, -0.2) is 4.98 Å². The fourth-order valence-electron chi connectivity index (χ4n) is 1.97. The lowest BCUT2D eigenvalue weighted by Crippen LogP contribution is -2.09.